The van der Waals surface area contributed by atoms with Crippen LogP contribution in [0.3, 0.4) is 0 Å². The Bertz CT molecular complexity index is 546. The number of H-pyrrole nitrogens is 1. The highest BCUT2D eigenvalue weighted by molar-refractivity contribution is 5.21. The zero-order valence-electron chi connectivity index (χ0n) is 9.40. The molecule has 0 amide bonds. The van der Waals surface area contributed by atoms with Gasteiger partial charge in [-0.2, -0.15) is 5.26 Å². The molecule has 1 aromatic heterocycles. The van der Waals surface area contributed by atoms with Crippen molar-refractivity contribution < 1.29 is 0 Å². The van der Waals surface area contributed by atoms with Gasteiger partial charge in [0.2, 0.25) is 0 Å². The van der Waals surface area contributed by atoms with Gasteiger partial charge in [-0.1, -0.05) is 0 Å². The third kappa shape index (κ3) is 2.63. The quantitative estimate of drug-likeness (QED) is 0.715. The van der Waals surface area contributed by atoms with E-state index in [9.17, 15) is 9.59 Å². The number of nitriles is 1. The van der Waals surface area contributed by atoms with Crippen molar-refractivity contribution in [2.75, 3.05) is 13.1 Å². The largest absolute Gasteiger partial charge is 0.328 e. The van der Waals surface area contributed by atoms with Crippen LogP contribution >= 0.6 is 0 Å². The van der Waals surface area contributed by atoms with Gasteiger partial charge in [0.05, 0.1) is 0 Å². The van der Waals surface area contributed by atoms with Crippen molar-refractivity contribution in [3.63, 3.8) is 0 Å². The highest BCUT2D eigenvalue weighted by atomic mass is 16.2. The summed E-state index contributed by atoms with van der Waals surface area (Å²) in [5.74, 6) is 0.374. The minimum absolute atomic E-state index is 0.0200. The fourth-order valence-corrected chi connectivity index (χ4v) is 2.08. The van der Waals surface area contributed by atoms with E-state index in [2.05, 4.69) is 10.3 Å². The second-order valence-corrected chi connectivity index (χ2v) is 4.28. The fourth-order valence-electron chi connectivity index (χ4n) is 2.08. The van der Waals surface area contributed by atoms with Crippen LogP contribution in [0.1, 0.15) is 18.4 Å². The summed E-state index contributed by atoms with van der Waals surface area (Å²) in [6, 6.07) is 1.78. The first-order valence-corrected chi connectivity index (χ1v) is 5.65. The molecule has 6 nitrogen and oxygen atoms in total. The van der Waals surface area contributed by atoms with E-state index in [1.165, 1.54) is 10.8 Å². The van der Waals surface area contributed by atoms with Crippen molar-refractivity contribution in [2.45, 2.75) is 19.4 Å². The van der Waals surface area contributed by atoms with E-state index in [0.717, 1.165) is 25.9 Å². The van der Waals surface area contributed by atoms with Crippen LogP contribution in [0.25, 0.3) is 0 Å². The third-order valence-electron chi connectivity index (χ3n) is 2.99. The fraction of sp³-hybridized carbons (Fsp3) is 0.545. The molecule has 0 spiro atoms. The molecular weight excluding hydrogens is 220 g/mol. The lowest BCUT2D eigenvalue weighted by Crippen LogP contribution is -2.37. The third-order valence-corrected chi connectivity index (χ3v) is 2.99. The minimum Gasteiger partial charge on any atom is -0.316 e. The summed E-state index contributed by atoms with van der Waals surface area (Å²) in [6.07, 6.45) is 3.49. The van der Waals surface area contributed by atoms with Gasteiger partial charge in [0, 0.05) is 12.7 Å². The van der Waals surface area contributed by atoms with E-state index in [4.69, 9.17) is 5.26 Å². The first-order valence-electron chi connectivity index (χ1n) is 5.65. The van der Waals surface area contributed by atoms with Crippen LogP contribution in [0.5, 0.6) is 0 Å². The van der Waals surface area contributed by atoms with Crippen LogP contribution in [-0.4, -0.2) is 22.6 Å². The number of nitrogens with zero attached hydrogens (tertiary/aromatic N) is 2. The summed E-state index contributed by atoms with van der Waals surface area (Å²) in [5.41, 5.74) is -1.08. The van der Waals surface area contributed by atoms with Gasteiger partial charge >= 0.3 is 5.69 Å². The molecule has 0 saturated carbocycles. The van der Waals surface area contributed by atoms with Crippen molar-refractivity contribution in [3.8, 4) is 6.07 Å². The predicted octanol–water partition coefficient (Wildman–Crippen LogP) is -0.592. The van der Waals surface area contributed by atoms with E-state index < -0.39 is 11.2 Å². The number of nitrogens with one attached hydrogen (secondary N) is 2. The first kappa shape index (κ1) is 11.6. The van der Waals surface area contributed by atoms with E-state index in [0.29, 0.717) is 12.5 Å². The molecule has 6 heteroatoms. The van der Waals surface area contributed by atoms with Crippen molar-refractivity contribution in [2.24, 2.45) is 5.92 Å². The Labute approximate surface area is 97.9 Å². The van der Waals surface area contributed by atoms with E-state index in [-0.39, 0.29) is 5.56 Å². The molecule has 0 aliphatic carbocycles. The lowest BCUT2D eigenvalue weighted by atomic mass is 10.00. The molecule has 2 rings (SSSR count). The molecule has 0 bridgehead atoms. The maximum atomic E-state index is 11.6. The van der Waals surface area contributed by atoms with E-state index >= 15 is 0 Å². The maximum absolute atomic E-state index is 11.6. The Morgan fingerprint density at radius 1 is 1.53 bits per heavy atom. The van der Waals surface area contributed by atoms with Gasteiger partial charge in [-0.25, -0.2) is 4.79 Å². The summed E-state index contributed by atoms with van der Waals surface area (Å²) in [5, 5.41) is 12.0. The van der Waals surface area contributed by atoms with Crippen LogP contribution in [0.2, 0.25) is 0 Å². The molecule has 2 heterocycles. The minimum atomic E-state index is -0.615. The lowest BCUT2D eigenvalue weighted by Gasteiger charge is -2.23. The van der Waals surface area contributed by atoms with Crippen LogP contribution in [0.15, 0.2) is 15.8 Å². The Hall–Kier alpha value is -1.87. The van der Waals surface area contributed by atoms with Crippen LogP contribution < -0.4 is 16.6 Å². The predicted molar refractivity (Wildman–Crippen MR) is 61.6 cm³/mol. The van der Waals surface area contributed by atoms with Crippen LogP contribution in [0, 0.1) is 17.2 Å². The molecular formula is C11H14N4O2. The number of hydrogen-bond acceptors (Lipinski definition) is 4. The smallest absolute Gasteiger partial charge is 0.316 e. The molecule has 90 valence electrons. The van der Waals surface area contributed by atoms with E-state index in [1.807, 2.05) is 0 Å². The highest BCUT2D eigenvalue weighted by Crippen LogP contribution is 2.11. The van der Waals surface area contributed by atoms with Gasteiger partial charge in [0.15, 0.2) is 0 Å². The monoisotopic (exact) mass is 234 g/mol. The summed E-state index contributed by atoms with van der Waals surface area (Å²) < 4.78 is 1.41. The number of aromatic nitrogens is 2. The summed E-state index contributed by atoms with van der Waals surface area (Å²) in [4.78, 5) is 24.9. The molecule has 1 aliphatic rings. The van der Waals surface area contributed by atoms with Crippen molar-refractivity contribution in [3.05, 3.63) is 32.6 Å². The summed E-state index contributed by atoms with van der Waals surface area (Å²) >= 11 is 0. The van der Waals surface area contributed by atoms with Crippen LogP contribution in [-0.2, 0) is 6.54 Å². The number of hydrogen-bond donors (Lipinski definition) is 2. The Morgan fingerprint density at radius 3 is 3.00 bits per heavy atom. The van der Waals surface area contributed by atoms with Gasteiger partial charge in [-0.15, -0.1) is 0 Å². The van der Waals surface area contributed by atoms with Gasteiger partial charge in [0.25, 0.3) is 5.56 Å². The average molecular weight is 234 g/mol. The molecule has 0 radical (unpaired) electrons. The SMILES string of the molecule is N#Cc1cn(C[C@@H]2CCCNC2)c(=O)[nH]c1=O. The lowest BCUT2D eigenvalue weighted by molar-refractivity contribution is 0.331. The molecule has 1 aliphatic heterocycles. The zero-order valence-corrected chi connectivity index (χ0v) is 9.40. The average Bonchev–Trinajstić information content (AvgIpc) is 2.34. The molecule has 0 unspecified atom stereocenters. The molecule has 1 aromatic rings. The molecule has 2 N–H and O–H groups in total. The molecule has 1 fully saturated rings. The molecule has 1 saturated heterocycles. The Kier molecular flexibility index (Phi) is 3.40. The second kappa shape index (κ2) is 4.97. The van der Waals surface area contributed by atoms with Gasteiger partial charge in [-0.05, 0) is 31.8 Å². The highest BCUT2D eigenvalue weighted by Gasteiger charge is 2.14. The Morgan fingerprint density at radius 2 is 2.35 bits per heavy atom. The molecule has 17 heavy (non-hydrogen) atoms. The number of aromatic amines is 1. The maximum Gasteiger partial charge on any atom is 0.328 e. The number of rotatable bonds is 2. The van der Waals surface area contributed by atoms with Crippen molar-refractivity contribution in [1.82, 2.24) is 14.9 Å². The van der Waals surface area contributed by atoms with Gasteiger partial charge in [0.1, 0.15) is 11.6 Å². The van der Waals surface area contributed by atoms with Crippen molar-refractivity contribution >= 4 is 0 Å². The number of piperidine rings is 1. The Balaban J connectivity index is 2.23. The van der Waals surface area contributed by atoms with Crippen molar-refractivity contribution in [1.29, 1.82) is 5.26 Å². The first-order chi connectivity index (χ1) is 8.20. The second-order valence-electron chi connectivity index (χ2n) is 4.28. The molecule has 0 aromatic carbocycles. The van der Waals surface area contributed by atoms with Gasteiger partial charge in [-0.3, -0.25) is 14.3 Å². The molecule has 1 atom stereocenters. The normalized spacial score (nSPS) is 19.8. The van der Waals surface area contributed by atoms with E-state index in [1.54, 1.807) is 6.07 Å². The zero-order chi connectivity index (χ0) is 12.3. The standard InChI is InChI=1S/C11H14N4O2/c12-4-9-7-15(11(17)14-10(9)16)6-8-2-1-3-13-5-8/h7-8,13H,1-3,5-6H2,(H,14,16,17)/t8-/m1/s1. The topological polar surface area (TPSA) is 90.7 Å². The van der Waals surface area contributed by atoms with Crippen LogP contribution in [0.4, 0.5) is 0 Å². The van der Waals surface area contributed by atoms with Gasteiger partial charge < -0.3 is 5.32 Å². The summed E-state index contributed by atoms with van der Waals surface area (Å²) in [7, 11) is 0. The summed E-state index contributed by atoms with van der Waals surface area (Å²) in [6.45, 7) is 2.42.